The Balaban J connectivity index is 4.06. The molecule has 27 heavy (non-hydrogen) atoms. The Hall–Kier alpha value is -2.12. The molecule has 0 saturated heterocycles. The van der Waals surface area contributed by atoms with Crippen LogP contribution in [0.4, 0.5) is 0 Å². The number of hydrogen-bond donors (Lipinski definition) is 4. The molecule has 0 aliphatic carbocycles. The quantitative estimate of drug-likeness (QED) is 0.339. The Morgan fingerprint density at radius 1 is 0.704 bits per heavy atom. The van der Waals surface area contributed by atoms with Gasteiger partial charge in [-0.1, -0.05) is 45.4 Å². The molecule has 0 radical (unpaired) electrons. The van der Waals surface area contributed by atoms with Crippen LogP contribution in [0, 0.1) is 0 Å². The van der Waals surface area contributed by atoms with Crippen LogP contribution in [0.3, 0.4) is 0 Å². The van der Waals surface area contributed by atoms with E-state index in [9.17, 15) is 19.2 Å². The molecule has 3 amide bonds. The lowest BCUT2D eigenvalue weighted by Gasteiger charge is -2.19. The summed E-state index contributed by atoms with van der Waals surface area (Å²) in [6.07, 6.45) is 8.16. The summed E-state index contributed by atoms with van der Waals surface area (Å²) in [5.41, 5.74) is 0. The molecule has 0 aliphatic heterocycles. The summed E-state index contributed by atoms with van der Waals surface area (Å²) in [5.74, 6) is -2.44. The first-order valence-electron chi connectivity index (χ1n) is 9.81. The number of aliphatic carboxylic acids is 1. The molecule has 0 bridgehead atoms. The highest BCUT2D eigenvalue weighted by Crippen LogP contribution is 2.08. The molecule has 0 spiro atoms. The van der Waals surface area contributed by atoms with Crippen molar-refractivity contribution in [2.45, 2.75) is 97.2 Å². The second-order valence-electron chi connectivity index (χ2n) is 6.96. The molecule has 8 nitrogen and oxygen atoms in total. The van der Waals surface area contributed by atoms with Gasteiger partial charge in [-0.25, -0.2) is 0 Å². The fraction of sp³-hybridized carbons (Fsp3) is 0.789. The average molecular weight is 386 g/mol. The van der Waals surface area contributed by atoms with E-state index in [4.69, 9.17) is 5.11 Å². The number of amides is 3. The number of carbonyl (C=O) groups is 4. The van der Waals surface area contributed by atoms with E-state index in [1.165, 1.54) is 39.5 Å². The smallest absolute Gasteiger partial charge is 0.325 e. The second-order valence-corrected chi connectivity index (χ2v) is 6.96. The van der Waals surface area contributed by atoms with Crippen LogP contribution in [-0.4, -0.2) is 46.9 Å². The number of nitrogens with one attached hydrogen (secondary N) is 3. The van der Waals surface area contributed by atoms with Crippen molar-refractivity contribution in [2.75, 3.05) is 0 Å². The Labute approximate surface area is 161 Å². The summed E-state index contributed by atoms with van der Waals surface area (Å²) >= 11 is 0. The van der Waals surface area contributed by atoms with Crippen LogP contribution in [0.25, 0.3) is 0 Å². The highest BCUT2D eigenvalue weighted by Gasteiger charge is 2.23. The SMILES string of the molecule is CCCCCCCCCC(=O)N[C@@H](C)C(=O)N[C@@H](C)C(=O)N[C@@H](C)C(=O)O. The number of carboxylic acids is 1. The highest BCUT2D eigenvalue weighted by atomic mass is 16.4. The molecule has 0 aromatic carbocycles. The summed E-state index contributed by atoms with van der Waals surface area (Å²) in [5, 5.41) is 16.1. The van der Waals surface area contributed by atoms with Gasteiger partial charge in [0.25, 0.3) is 0 Å². The van der Waals surface area contributed by atoms with E-state index < -0.39 is 35.9 Å². The predicted octanol–water partition coefficient (Wildman–Crippen LogP) is 1.73. The van der Waals surface area contributed by atoms with Crippen LogP contribution in [0.2, 0.25) is 0 Å². The maximum Gasteiger partial charge on any atom is 0.325 e. The summed E-state index contributed by atoms with van der Waals surface area (Å²) in [4.78, 5) is 46.5. The van der Waals surface area contributed by atoms with Gasteiger partial charge in [-0.05, 0) is 27.2 Å². The van der Waals surface area contributed by atoms with Crippen molar-refractivity contribution in [3.8, 4) is 0 Å². The number of hydrogen-bond acceptors (Lipinski definition) is 4. The molecule has 0 aromatic rings. The van der Waals surface area contributed by atoms with E-state index in [0.717, 1.165) is 19.3 Å². The molecule has 0 fully saturated rings. The lowest BCUT2D eigenvalue weighted by molar-refractivity contribution is -0.141. The summed E-state index contributed by atoms with van der Waals surface area (Å²) < 4.78 is 0. The fourth-order valence-electron chi connectivity index (χ4n) is 2.43. The van der Waals surface area contributed by atoms with Crippen LogP contribution in [0.5, 0.6) is 0 Å². The van der Waals surface area contributed by atoms with Gasteiger partial charge < -0.3 is 21.1 Å². The first kappa shape index (κ1) is 24.9. The van der Waals surface area contributed by atoms with Crippen LogP contribution >= 0.6 is 0 Å². The van der Waals surface area contributed by atoms with Crippen LogP contribution in [0.15, 0.2) is 0 Å². The molecule has 8 heteroatoms. The van der Waals surface area contributed by atoms with E-state index in [-0.39, 0.29) is 5.91 Å². The summed E-state index contributed by atoms with van der Waals surface area (Å²) in [6, 6.07) is -2.72. The Kier molecular flexibility index (Phi) is 12.9. The largest absolute Gasteiger partial charge is 0.480 e. The van der Waals surface area contributed by atoms with Gasteiger partial charge in [0.15, 0.2) is 0 Å². The predicted molar refractivity (Wildman–Crippen MR) is 103 cm³/mol. The molecule has 0 heterocycles. The molecular formula is C19H35N3O5. The molecule has 4 N–H and O–H groups in total. The van der Waals surface area contributed by atoms with Crippen LogP contribution in [-0.2, 0) is 19.2 Å². The molecule has 0 aliphatic rings. The third kappa shape index (κ3) is 12.0. The maximum absolute atomic E-state index is 12.1. The van der Waals surface area contributed by atoms with E-state index in [0.29, 0.717) is 6.42 Å². The van der Waals surface area contributed by atoms with Crippen LogP contribution < -0.4 is 16.0 Å². The molecular weight excluding hydrogens is 350 g/mol. The topological polar surface area (TPSA) is 125 Å². The minimum absolute atomic E-state index is 0.192. The number of unbranched alkanes of at least 4 members (excludes halogenated alkanes) is 6. The average Bonchev–Trinajstić information content (AvgIpc) is 2.60. The standard InChI is InChI=1S/C19H35N3O5/c1-5-6-7-8-9-10-11-12-16(23)20-13(2)17(24)21-14(3)18(25)22-15(4)19(26)27/h13-15H,5-12H2,1-4H3,(H,20,23)(H,21,24)(H,22,25)(H,26,27)/t13-,14-,15-/m0/s1. The highest BCUT2D eigenvalue weighted by molar-refractivity contribution is 5.92. The first-order chi connectivity index (χ1) is 12.7. The third-order valence-corrected chi connectivity index (χ3v) is 4.26. The van der Waals surface area contributed by atoms with Gasteiger partial charge in [0.1, 0.15) is 18.1 Å². The normalized spacial score (nSPS) is 13.9. The zero-order valence-corrected chi connectivity index (χ0v) is 17.0. The van der Waals surface area contributed by atoms with Gasteiger partial charge >= 0.3 is 5.97 Å². The third-order valence-electron chi connectivity index (χ3n) is 4.26. The molecule has 0 aromatic heterocycles. The maximum atomic E-state index is 12.1. The molecule has 156 valence electrons. The van der Waals surface area contributed by atoms with Gasteiger partial charge in [0.05, 0.1) is 0 Å². The van der Waals surface area contributed by atoms with E-state index >= 15 is 0 Å². The minimum atomic E-state index is -1.16. The lowest BCUT2D eigenvalue weighted by Crippen LogP contribution is -2.53. The number of rotatable bonds is 14. The van der Waals surface area contributed by atoms with Gasteiger partial charge in [0.2, 0.25) is 17.7 Å². The van der Waals surface area contributed by atoms with Crippen molar-refractivity contribution in [1.29, 1.82) is 0 Å². The summed E-state index contributed by atoms with van der Waals surface area (Å²) in [7, 11) is 0. The van der Waals surface area contributed by atoms with Crippen LogP contribution in [0.1, 0.15) is 79.1 Å². The fourth-order valence-corrected chi connectivity index (χ4v) is 2.43. The minimum Gasteiger partial charge on any atom is -0.480 e. The van der Waals surface area contributed by atoms with Crippen molar-refractivity contribution in [3.63, 3.8) is 0 Å². The van der Waals surface area contributed by atoms with Crippen molar-refractivity contribution in [3.05, 3.63) is 0 Å². The van der Waals surface area contributed by atoms with Gasteiger partial charge in [-0.15, -0.1) is 0 Å². The molecule has 3 atom stereocenters. The van der Waals surface area contributed by atoms with Crippen molar-refractivity contribution >= 4 is 23.7 Å². The number of carboxylic acid groups (broad SMARTS) is 1. The van der Waals surface area contributed by atoms with Gasteiger partial charge in [0, 0.05) is 6.42 Å². The second kappa shape index (κ2) is 14.0. The Morgan fingerprint density at radius 3 is 1.67 bits per heavy atom. The van der Waals surface area contributed by atoms with Gasteiger partial charge in [-0.2, -0.15) is 0 Å². The molecule has 0 saturated carbocycles. The Morgan fingerprint density at radius 2 is 1.15 bits per heavy atom. The molecule has 0 unspecified atom stereocenters. The Bertz CT molecular complexity index is 496. The first-order valence-corrected chi connectivity index (χ1v) is 9.81. The van der Waals surface area contributed by atoms with E-state index in [1.807, 2.05) is 0 Å². The number of carbonyl (C=O) groups excluding carboxylic acids is 3. The zero-order chi connectivity index (χ0) is 20.8. The summed E-state index contributed by atoms with van der Waals surface area (Å²) in [6.45, 7) is 6.50. The lowest BCUT2D eigenvalue weighted by atomic mass is 10.1. The van der Waals surface area contributed by atoms with Crippen molar-refractivity contribution in [1.82, 2.24) is 16.0 Å². The molecule has 0 rings (SSSR count). The van der Waals surface area contributed by atoms with Gasteiger partial charge in [-0.3, -0.25) is 19.2 Å². The monoisotopic (exact) mass is 385 g/mol. The van der Waals surface area contributed by atoms with Crippen molar-refractivity contribution < 1.29 is 24.3 Å². The van der Waals surface area contributed by atoms with Crippen molar-refractivity contribution in [2.24, 2.45) is 0 Å². The van der Waals surface area contributed by atoms with E-state index in [1.54, 1.807) is 6.92 Å². The van der Waals surface area contributed by atoms with E-state index in [2.05, 4.69) is 22.9 Å². The zero-order valence-electron chi connectivity index (χ0n) is 17.0.